The van der Waals surface area contributed by atoms with Gasteiger partial charge in [-0.2, -0.15) is 0 Å². The van der Waals surface area contributed by atoms with E-state index in [1.807, 2.05) is 30.3 Å². The topological polar surface area (TPSA) is 39.4 Å². The minimum atomic E-state index is -0.0313. The van der Waals surface area contributed by atoms with Crippen molar-refractivity contribution in [2.24, 2.45) is 0 Å². The van der Waals surface area contributed by atoms with Gasteiger partial charge in [-0.1, -0.05) is 31.0 Å². The van der Waals surface area contributed by atoms with Gasteiger partial charge in [0.1, 0.15) is 23.9 Å². The van der Waals surface area contributed by atoms with Crippen LogP contribution >= 0.6 is 38.9 Å². The lowest BCUT2D eigenvalue weighted by atomic mass is 10.2. The normalized spacial score (nSPS) is 11.2. The van der Waals surface area contributed by atoms with Gasteiger partial charge in [0, 0.05) is 14.4 Å². The monoisotopic (exact) mass is 464 g/mol. The van der Waals surface area contributed by atoms with Gasteiger partial charge in [-0.15, -0.1) is 11.3 Å². The van der Waals surface area contributed by atoms with Crippen LogP contribution in [-0.2, 0) is 13.0 Å². The number of halogens is 2. The Kier molecular flexibility index (Phi) is 6.94. The highest BCUT2D eigenvalue weighted by atomic mass is 79.9. The molecule has 0 N–H and O–H groups in total. The van der Waals surface area contributed by atoms with Crippen molar-refractivity contribution in [3.63, 3.8) is 0 Å². The molecular weight excluding hydrogens is 448 g/mol. The van der Waals surface area contributed by atoms with Gasteiger partial charge >= 0.3 is 0 Å². The van der Waals surface area contributed by atoms with E-state index in [1.165, 1.54) is 22.3 Å². The zero-order valence-corrected chi connectivity index (χ0v) is 17.9. The van der Waals surface area contributed by atoms with Gasteiger partial charge in [0.15, 0.2) is 5.78 Å². The number of thiophene rings is 1. The first-order chi connectivity index (χ1) is 13.0. The Labute approximate surface area is 175 Å². The second-order valence-corrected chi connectivity index (χ2v) is 8.31. The van der Waals surface area contributed by atoms with E-state index < -0.39 is 0 Å². The highest BCUT2D eigenvalue weighted by Gasteiger charge is 2.11. The van der Waals surface area contributed by atoms with Crippen LogP contribution in [0.3, 0.4) is 0 Å². The number of aryl methyl sites for hydroxylation is 1. The van der Waals surface area contributed by atoms with E-state index in [0.717, 1.165) is 22.2 Å². The first kappa shape index (κ1) is 19.9. The first-order valence-corrected chi connectivity index (χ1v) is 10.5. The lowest BCUT2D eigenvalue weighted by Gasteiger charge is -2.03. The second kappa shape index (κ2) is 9.40. The van der Waals surface area contributed by atoms with Crippen molar-refractivity contribution in [2.75, 3.05) is 0 Å². The van der Waals surface area contributed by atoms with E-state index in [2.05, 4.69) is 22.9 Å². The van der Waals surface area contributed by atoms with Gasteiger partial charge in [0.05, 0.1) is 4.88 Å². The lowest BCUT2D eigenvalue weighted by Crippen LogP contribution is -1.93. The number of furan rings is 1. The maximum Gasteiger partial charge on any atom is 0.195 e. The molecule has 0 bridgehead atoms. The molecule has 3 aromatic rings. The number of hydrogen-bond donors (Lipinski definition) is 0. The van der Waals surface area contributed by atoms with Gasteiger partial charge in [0.2, 0.25) is 0 Å². The van der Waals surface area contributed by atoms with Crippen LogP contribution in [-0.4, -0.2) is 5.78 Å². The number of allylic oxidation sites excluding steroid dienone is 1. The van der Waals surface area contributed by atoms with E-state index in [-0.39, 0.29) is 5.78 Å². The van der Waals surface area contributed by atoms with Crippen molar-refractivity contribution in [3.05, 3.63) is 79.3 Å². The van der Waals surface area contributed by atoms with Crippen LogP contribution in [0.5, 0.6) is 5.75 Å². The summed E-state index contributed by atoms with van der Waals surface area (Å²) in [4.78, 5) is 14.3. The zero-order chi connectivity index (χ0) is 19.2. The van der Waals surface area contributed by atoms with Crippen molar-refractivity contribution in [1.82, 2.24) is 0 Å². The SMILES string of the molecule is CCCc1sc(C(=O)/C=C/c2ccc(COc3cccc(Cl)c3)o2)cc1Br. The third-order valence-electron chi connectivity index (χ3n) is 3.74. The molecule has 0 fully saturated rings. The summed E-state index contributed by atoms with van der Waals surface area (Å²) in [6, 6.07) is 12.7. The Morgan fingerprint density at radius 1 is 1.30 bits per heavy atom. The van der Waals surface area contributed by atoms with Crippen molar-refractivity contribution in [3.8, 4) is 5.75 Å². The number of carbonyl (C=O) groups is 1. The number of benzene rings is 1. The molecule has 2 aromatic heterocycles. The molecule has 27 heavy (non-hydrogen) atoms. The fourth-order valence-electron chi connectivity index (χ4n) is 2.44. The summed E-state index contributed by atoms with van der Waals surface area (Å²) in [6.07, 6.45) is 5.23. The molecule has 0 spiro atoms. The molecule has 0 aliphatic rings. The quantitative estimate of drug-likeness (QED) is 0.261. The van der Waals surface area contributed by atoms with Crippen LogP contribution in [0.25, 0.3) is 6.08 Å². The van der Waals surface area contributed by atoms with Crippen LogP contribution in [0.2, 0.25) is 5.02 Å². The summed E-state index contributed by atoms with van der Waals surface area (Å²) in [5.41, 5.74) is 0. The number of carbonyl (C=O) groups excluding carboxylic acids is 1. The van der Waals surface area contributed by atoms with E-state index >= 15 is 0 Å². The predicted molar refractivity (Wildman–Crippen MR) is 114 cm³/mol. The van der Waals surface area contributed by atoms with E-state index in [4.69, 9.17) is 20.8 Å². The molecule has 0 saturated heterocycles. The molecule has 0 aliphatic carbocycles. The van der Waals surface area contributed by atoms with Crippen LogP contribution in [0.1, 0.15) is 39.4 Å². The van der Waals surface area contributed by atoms with E-state index in [1.54, 1.807) is 18.2 Å². The Balaban J connectivity index is 1.59. The smallest absolute Gasteiger partial charge is 0.195 e. The highest BCUT2D eigenvalue weighted by molar-refractivity contribution is 9.10. The van der Waals surface area contributed by atoms with Crippen molar-refractivity contribution >= 4 is 50.7 Å². The van der Waals surface area contributed by atoms with Crippen molar-refractivity contribution in [1.29, 1.82) is 0 Å². The Bertz CT molecular complexity index is 958. The minimum Gasteiger partial charge on any atom is -0.486 e. The van der Waals surface area contributed by atoms with Crippen LogP contribution in [0.4, 0.5) is 0 Å². The zero-order valence-electron chi connectivity index (χ0n) is 14.7. The number of ether oxygens (including phenoxy) is 1. The lowest BCUT2D eigenvalue weighted by molar-refractivity contribution is 0.105. The molecule has 6 heteroatoms. The molecule has 0 saturated carbocycles. The Hall–Kier alpha value is -1.82. The van der Waals surface area contributed by atoms with Crippen LogP contribution in [0, 0.1) is 0 Å². The van der Waals surface area contributed by atoms with Crippen LogP contribution in [0.15, 0.2) is 57.4 Å². The van der Waals surface area contributed by atoms with Gasteiger partial charge in [-0.25, -0.2) is 0 Å². The summed E-state index contributed by atoms with van der Waals surface area (Å²) in [5, 5.41) is 0.622. The molecule has 2 heterocycles. The molecule has 1 aromatic carbocycles. The summed E-state index contributed by atoms with van der Waals surface area (Å²) in [5.74, 6) is 1.93. The molecule has 3 nitrogen and oxygen atoms in total. The summed E-state index contributed by atoms with van der Waals surface area (Å²) in [6.45, 7) is 2.42. The molecule has 0 aliphatic heterocycles. The minimum absolute atomic E-state index is 0.0313. The summed E-state index contributed by atoms with van der Waals surface area (Å²) < 4.78 is 12.3. The third-order valence-corrected chi connectivity index (χ3v) is 6.15. The fourth-order valence-corrected chi connectivity index (χ4v) is 4.51. The highest BCUT2D eigenvalue weighted by Crippen LogP contribution is 2.29. The molecular formula is C21H18BrClO3S. The molecule has 0 radical (unpaired) electrons. The average molecular weight is 466 g/mol. The Morgan fingerprint density at radius 3 is 2.93 bits per heavy atom. The summed E-state index contributed by atoms with van der Waals surface area (Å²) >= 11 is 11.0. The third kappa shape index (κ3) is 5.58. The van der Waals surface area contributed by atoms with Crippen molar-refractivity contribution < 1.29 is 13.9 Å². The molecule has 3 rings (SSSR count). The Morgan fingerprint density at radius 2 is 2.15 bits per heavy atom. The first-order valence-electron chi connectivity index (χ1n) is 8.53. The fraction of sp³-hybridized carbons (Fsp3) is 0.190. The average Bonchev–Trinajstić information content (AvgIpc) is 3.25. The number of ketones is 1. The van der Waals surface area contributed by atoms with E-state index in [9.17, 15) is 4.79 Å². The van der Waals surface area contributed by atoms with Crippen LogP contribution < -0.4 is 4.74 Å². The van der Waals surface area contributed by atoms with Gasteiger partial charge in [-0.3, -0.25) is 4.79 Å². The molecule has 140 valence electrons. The predicted octanol–water partition coefficient (Wildman–Crippen LogP) is 7.18. The summed E-state index contributed by atoms with van der Waals surface area (Å²) in [7, 11) is 0. The second-order valence-electron chi connectivity index (χ2n) is 5.88. The van der Waals surface area contributed by atoms with Crippen molar-refractivity contribution in [2.45, 2.75) is 26.4 Å². The largest absolute Gasteiger partial charge is 0.486 e. The maximum absolute atomic E-state index is 12.4. The maximum atomic E-state index is 12.4. The standard InChI is InChI=1S/C21H18BrClO3S/c1-2-4-20-18(22)12-21(27-20)19(24)10-9-15-7-8-17(26-15)13-25-16-6-3-5-14(23)11-16/h3,5-12H,2,4,13H2,1H3/b10-9+. The van der Waals surface area contributed by atoms with E-state index in [0.29, 0.717) is 28.9 Å². The van der Waals surface area contributed by atoms with Gasteiger partial charge in [0.25, 0.3) is 0 Å². The number of hydrogen-bond acceptors (Lipinski definition) is 4. The number of rotatable bonds is 8. The molecule has 0 unspecified atom stereocenters. The van der Waals surface area contributed by atoms with Gasteiger partial charge in [-0.05, 0) is 70.9 Å². The van der Waals surface area contributed by atoms with Gasteiger partial charge < -0.3 is 9.15 Å². The molecule has 0 amide bonds. The molecule has 0 atom stereocenters.